The van der Waals surface area contributed by atoms with Gasteiger partial charge in [0.2, 0.25) is 0 Å². The molecule has 130 valence electrons. The van der Waals surface area contributed by atoms with Gasteiger partial charge in [0.25, 0.3) is 0 Å². The van der Waals surface area contributed by atoms with Crippen LogP contribution >= 0.6 is 0 Å². The Balaban J connectivity index is 3.90. The molecule has 0 atom stereocenters. The van der Waals surface area contributed by atoms with E-state index in [2.05, 4.69) is 31.8 Å². The maximum atomic E-state index is 4.83. The molecule has 0 aromatic rings. The second kappa shape index (κ2) is 18.5. The van der Waals surface area contributed by atoms with Crippen LogP contribution in [0.5, 0.6) is 0 Å². The molecule has 0 saturated heterocycles. The normalized spacial score (nSPS) is 12.2. The molecule has 0 fully saturated rings. The van der Waals surface area contributed by atoms with E-state index in [-0.39, 0.29) is 9.52 Å². The lowest BCUT2D eigenvalue weighted by atomic mass is 10.2. The quantitative estimate of drug-likeness (QED) is 0.138. The van der Waals surface area contributed by atoms with Crippen LogP contribution in [0.3, 0.4) is 0 Å². The molecule has 1 N–H and O–H groups in total. The van der Waals surface area contributed by atoms with Gasteiger partial charge in [-0.3, -0.25) is 4.99 Å². The average molecular weight is 325 g/mol. The molecule has 0 aromatic heterocycles. The van der Waals surface area contributed by atoms with Crippen molar-refractivity contribution >= 4 is 15.4 Å². The Hall–Kier alpha value is -0.573. The molecule has 0 amide bonds. The van der Waals surface area contributed by atoms with Gasteiger partial charge in [0.05, 0.1) is 5.84 Å². The number of hydrogen-bond donors (Lipinski definition) is 1. The number of unbranched alkanes of at least 4 members (excludes halogenated alkanes) is 6. The van der Waals surface area contributed by atoms with Crippen LogP contribution in [0.1, 0.15) is 78.1 Å². The van der Waals surface area contributed by atoms with Gasteiger partial charge in [0.15, 0.2) is 0 Å². The molecule has 0 aromatic carbocycles. The highest BCUT2D eigenvalue weighted by Gasteiger charge is 1.99. The zero-order chi connectivity index (χ0) is 16.3. The van der Waals surface area contributed by atoms with Gasteiger partial charge in [0.1, 0.15) is 0 Å². The number of aliphatic imine (C=N–C) groups is 1. The number of allylic oxidation sites excluding steroid dienone is 1. The molecular formula is C19H40N2Si. The highest BCUT2D eigenvalue weighted by molar-refractivity contribution is 6.36. The van der Waals surface area contributed by atoms with E-state index in [1.165, 1.54) is 75.7 Å². The fourth-order valence-corrected chi connectivity index (χ4v) is 3.70. The molecule has 0 aliphatic heterocycles. The van der Waals surface area contributed by atoms with Crippen molar-refractivity contribution < 1.29 is 0 Å². The SMILES string of the molecule is C=CC[SiH2]CCCC(=NCCCCCC)NCCCCCC. The summed E-state index contributed by atoms with van der Waals surface area (Å²) in [6, 6.07) is 2.71. The Kier molecular flexibility index (Phi) is 18.0. The first-order valence-electron chi connectivity index (χ1n) is 9.73. The minimum Gasteiger partial charge on any atom is -0.374 e. The minimum atomic E-state index is 0.107. The van der Waals surface area contributed by atoms with E-state index in [9.17, 15) is 0 Å². The molecular weight excluding hydrogens is 284 g/mol. The summed E-state index contributed by atoms with van der Waals surface area (Å²) in [5.41, 5.74) is 0. The van der Waals surface area contributed by atoms with E-state index in [0.29, 0.717) is 0 Å². The highest BCUT2D eigenvalue weighted by Crippen LogP contribution is 2.03. The van der Waals surface area contributed by atoms with Crippen LogP contribution in [-0.2, 0) is 0 Å². The maximum absolute atomic E-state index is 4.83. The Bertz CT molecular complexity index is 264. The third-order valence-corrected chi connectivity index (χ3v) is 5.81. The van der Waals surface area contributed by atoms with Crippen LogP contribution in [0.15, 0.2) is 17.6 Å². The monoisotopic (exact) mass is 324 g/mol. The van der Waals surface area contributed by atoms with Crippen molar-refractivity contribution in [2.45, 2.75) is 90.1 Å². The largest absolute Gasteiger partial charge is 0.374 e. The number of nitrogens with zero attached hydrogens (tertiary/aromatic N) is 1. The summed E-state index contributed by atoms with van der Waals surface area (Å²) in [6.45, 7) is 10.5. The molecule has 22 heavy (non-hydrogen) atoms. The van der Waals surface area contributed by atoms with Crippen molar-refractivity contribution in [2.24, 2.45) is 4.99 Å². The van der Waals surface area contributed by atoms with Gasteiger partial charge in [0, 0.05) is 29.0 Å². The highest BCUT2D eigenvalue weighted by atomic mass is 28.2. The Morgan fingerprint density at radius 2 is 1.73 bits per heavy atom. The summed E-state index contributed by atoms with van der Waals surface area (Å²) in [4.78, 5) is 4.83. The standard InChI is InChI=1S/C19H40N2Si/c1-4-7-9-11-15-20-19(14-13-18-22-17-6-3)21-16-12-10-8-5-2/h6H,3-5,7-18,22H2,1-2H3,(H,20,21). The van der Waals surface area contributed by atoms with Gasteiger partial charge in [-0.05, 0) is 25.3 Å². The molecule has 0 unspecified atom stereocenters. The van der Waals surface area contributed by atoms with Crippen molar-refractivity contribution in [3.63, 3.8) is 0 Å². The zero-order valence-electron chi connectivity index (χ0n) is 15.3. The summed E-state index contributed by atoms with van der Waals surface area (Å²) in [6.07, 6.45) is 15.1. The predicted octanol–water partition coefficient (Wildman–Crippen LogP) is 5.11. The fourth-order valence-electron chi connectivity index (χ4n) is 2.52. The zero-order valence-corrected chi connectivity index (χ0v) is 16.8. The first kappa shape index (κ1) is 21.4. The Morgan fingerprint density at radius 3 is 2.41 bits per heavy atom. The number of hydrogen-bond acceptors (Lipinski definition) is 1. The van der Waals surface area contributed by atoms with Gasteiger partial charge < -0.3 is 5.32 Å². The van der Waals surface area contributed by atoms with E-state index < -0.39 is 0 Å². The molecule has 2 nitrogen and oxygen atoms in total. The lowest BCUT2D eigenvalue weighted by Gasteiger charge is -2.10. The first-order valence-corrected chi connectivity index (χ1v) is 11.7. The van der Waals surface area contributed by atoms with Crippen LogP contribution in [0.2, 0.25) is 12.1 Å². The Morgan fingerprint density at radius 1 is 1.00 bits per heavy atom. The van der Waals surface area contributed by atoms with Crippen molar-refractivity contribution in [1.29, 1.82) is 0 Å². The van der Waals surface area contributed by atoms with Gasteiger partial charge in [-0.15, -0.1) is 6.58 Å². The maximum Gasteiger partial charge on any atom is 0.0962 e. The van der Waals surface area contributed by atoms with Gasteiger partial charge >= 0.3 is 0 Å². The number of rotatable bonds is 16. The minimum absolute atomic E-state index is 0.107. The Labute approximate surface area is 142 Å². The third kappa shape index (κ3) is 15.8. The fraction of sp³-hybridized carbons (Fsp3) is 0.842. The number of nitrogens with one attached hydrogen (secondary N) is 1. The van der Waals surface area contributed by atoms with Crippen LogP contribution in [0.25, 0.3) is 0 Å². The second-order valence-electron chi connectivity index (χ2n) is 6.26. The lowest BCUT2D eigenvalue weighted by Crippen LogP contribution is -2.25. The smallest absolute Gasteiger partial charge is 0.0962 e. The third-order valence-electron chi connectivity index (χ3n) is 4.00. The molecule has 0 aliphatic carbocycles. The van der Waals surface area contributed by atoms with Crippen molar-refractivity contribution in [3.05, 3.63) is 12.7 Å². The summed E-state index contributed by atoms with van der Waals surface area (Å²) in [5, 5.41) is 3.61. The molecule has 0 spiro atoms. The van der Waals surface area contributed by atoms with Crippen LogP contribution < -0.4 is 5.32 Å². The van der Waals surface area contributed by atoms with E-state index in [4.69, 9.17) is 4.99 Å². The van der Waals surface area contributed by atoms with Crippen molar-refractivity contribution in [1.82, 2.24) is 5.32 Å². The predicted molar refractivity (Wildman–Crippen MR) is 106 cm³/mol. The van der Waals surface area contributed by atoms with E-state index in [1.54, 1.807) is 0 Å². The molecule has 0 radical (unpaired) electrons. The molecule has 3 heteroatoms. The van der Waals surface area contributed by atoms with Gasteiger partial charge in [-0.25, -0.2) is 0 Å². The van der Waals surface area contributed by atoms with Crippen LogP contribution in [0.4, 0.5) is 0 Å². The average Bonchev–Trinajstić information content (AvgIpc) is 2.53. The molecule has 0 rings (SSSR count). The summed E-state index contributed by atoms with van der Waals surface area (Å²) in [7, 11) is 0.107. The molecule has 0 aliphatic rings. The molecule has 0 heterocycles. The van der Waals surface area contributed by atoms with E-state index in [0.717, 1.165) is 19.5 Å². The molecule has 0 bridgehead atoms. The lowest BCUT2D eigenvalue weighted by molar-refractivity contribution is 0.645. The molecule has 0 saturated carbocycles. The van der Waals surface area contributed by atoms with E-state index in [1.807, 2.05) is 0 Å². The summed E-state index contributed by atoms with van der Waals surface area (Å²) in [5.74, 6) is 1.28. The summed E-state index contributed by atoms with van der Waals surface area (Å²) < 4.78 is 0. The van der Waals surface area contributed by atoms with E-state index >= 15 is 0 Å². The second-order valence-corrected chi connectivity index (χ2v) is 8.26. The van der Waals surface area contributed by atoms with Gasteiger partial charge in [-0.1, -0.05) is 64.5 Å². The number of amidine groups is 1. The van der Waals surface area contributed by atoms with Gasteiger partial charge in [-0.2, -0.15) is 0 Å². The summed E-state index contributed by atoms with van der Waals surface area (Å²) >= 11 is 0. The van der Waals surface area contributed by atoms with Crippen molar-refractivity contribution in [2.75, 3.05) is 13.1 Å². The topological polar surface area (TPSA) is 24.4 Å². The van der Waals surface area contributed by atoms with Crippen LogP contribution in [-0.4, -0.2) is 28.4 Å². The van der Waals surface area contributed by atoms with Crippen LogP contribution in [0, 0.1) is 0 Å². The first-order chi connectivity index (χ1) is 10.8. The van der Waals surface area contributed by atoms with Crippen molar-refractivity contribution in [3.8, 4) is 0 Å².